The van der Waals surface area contributed by atoms with E-state index < -0.39 is 0 Å². The van der Waals surface area contributed by atoms with E-state index in [-0.39, 0.29) is 5.56 Å². The molecule has 1 aromatic heterocycles. The van der Waals surface area contributed by atoms with Crippen molar-refractivity contribution in [3.8, 4) is 11.4 Å². The lowest BCUT2D eigenvalue weighted by Gasteiger charge is -2.03. The van der Waals surface area contributed by atoms with Crippen molar-refractivity contribution in [2.75, 3.05) is 7.11 Å². The number of ether oxygens (including phenoxy) is 1. The number of allylic oxidation sites excluding steroid dienone is 1. The highest BCUT2D eigenvalue weighted by molar-refractivity contribution is 9.10. The van der Waals surface area contributed by atoms with Crippen LogP contribution in [0, 0.1) is 0 Å². The third-order valence-corrected chi connectivity index (χ3v) is 5.49. The first-order valence-corrected chi connectivity index (χ1v) is 10.5. The predicted molar refractivity (Wildman–Crippen MR) is 130 cm³/mol. The minimum atomic E-state index is -0.145. The summed E-state index contributed by atoms with van der Waals surface area (Å²) >= 11 is 3.48. The fraction of sp³-hybridized carbons (Fsp3) is 0.0385. The van der Waals surface area contributed by atoms with E-state index >= 15 is 0 Å². The Kier molecular flexibility index (Phi) is 6.05. The minimum Gasteiger partial charge on any atom is -0.497 e. The van der Waals surface area contributed by atoms with E-state index in [0.717, 1.165) is 32.6 Å². The predicted octanol–water partition coefficient (Wildman–Crippen LogP) is 4.26. The second kappa shape index (κ2) is 9.06. The van der Waals surface area contributed by atoms with Gasteiger partial charge in [0.1, 0.15) is 5.75 Å². The number of methoxy groups -OCH3 is 1. The Labute approximate surface area is 188 Å². The molecule has 0 saturated heterocycles. The molecule has 0 amide bonds. The molecule has 0 aliphatic rings. The summed E-state index contributed by atoms with van der Waals surface area (Å²) in [6.07, 6.45) is 3.94. The maximum Gasteiger partial charge on any atom is 0.279 e. The van der Waals surface area contributed by atoms with Gasteiger partial charge in [-0.15, -0.1) is 0 Å². The average Bonchev–Trinajstić information content (AvgIpc) is 3.10. The number of aromatic amines is 1. The van der Waals surface area contributed by atoms with Crippen LogP contribution >= 0.6 is 15.9 Å². The van der Waals surface area contributed by atoms with E-state index in [4.69, 9.17) is 4.74 Å². The molecule has 31 heavy (non-hydrogen) atoms. The van der Waals surface area contributed by atoms with Crippen molar-refractivity contribution in [3.05, 3.63) is 121 Å². The Morgan fingerprint density at radius 3 is 2.32 bits per heavy atom. The molecule has 0 unspecified atom stereocenters. The molecule has 0 radical (unpaired) electrons. The zero-order chi connectivity index (χ0) is 21.8. The van der Waals surface area contributed by atoms with Gasteiger partial charge in [-0.1, -0.05) is 77.1 Å². The molecular formula is C26H21BrN2O2. The van der Waals surface area contributed by atoms with Gasteiger partial charge in [0, 0.05) is 4.47 Å². The summed E-state index contributed by atoms with van der Waals surface area (Å²) in [6, 6.07) is 25.1. The van der Waals surface area contributed by atoms with Crippen LogP contribution in [0.1, 0.15) is 11.1 Å². The van der Waals surface area contributed by atoms with Crippen LogP contribution in [-0.4, -0.2) is 16.9 Å². The summed E-state index contributed by atoms with van der Waals surface area (Å²) in [5, 5.41) is 4.22. The number of hydrogen-bond acceptors (Lipinski definition) is 2. The van der Waals surface area contributed by atoms with Gasteiger partial charge in [-0.05, 0) is 53.1 Å². The second-order valence-corrected chi connectivity index (χ2v) is 7.88. The van der Waals surface area contributed by atoms with Crippen molar-refractivity contribution in [1.29, 1.82) is 0 Å². The summed E-state index contributed by atoms with van der Waals surface area (Å²) in [4.78, 5) is 13.4. The van der Waals surface area contributed by atoms with Gasteiger partial charge >= 0.3 is 0 Å². The van der Waals surface area contributed by atoms with Gasteiger partial charge in [-0.3, -0.25) is 9.89 Å². The summed E-state index contributed by atoms with van der Waals surface area (Å²) in [7, 11) is 1.64. The molecular weight excluding hydrogens is 452 g/mol. The average molecular weight is 473 g/mol. The number of halogens is 1. The quantitative estimate of drug-likeness (QED) is 0.471. The summed E-state index contributed by atoms with van der Waals surface area (Å²) in [6.45, 7) is 4.11. The molecule has 3 aromatic carbocycles. The molecule has 0 aliphatic carbocycles. The van der Waals surface area contributed by atoms with Crippen LogP contribution in [0.5, 0.6) is 5.75 Å². The van der Waals surface area contributed by atoms with Gasteiger partial charge < -0.3 is 4.74 Å². The summed E-state index contributed by atoms with van der Waals surface area (Å²) < 4.78 is 7.73. The Morgan fingerprint density at radius 2 is 1.68 bits per heavy atom. The number of hydrogen-bond donors (Lipinski definition) is 1. The molecule has 0 spiro atoms. The molecule has 1 heterocycles. The van der Waals surface area contributed by atoms with Crippen molar-refractivity contribution in [1.82, 2.24) is 9.78 Å². The lowest BCUT2D eigenvalue weighted by atomic mass is 10.0. The first kappa shape index (κ1) is 20.7. The summed E-state index contributed by atoms with van der Waals surface area (Å²) in [5.74, 6) is 0.797. The minimum absolute atomic E-state index is 0.145. The van der Waals surface area contributed by atoms with Gasteiger partial charge in [0.2, 0.25) is 0 Å². The topological polar surface area (TPSA) is 47.0 Å². The first-order valence-electron chi connectivity index (χ1n) is 9.74. The third-order valence-electron chi connectivity index (χ3n) is 4.96. The normalized spacial score (nSPS) is 12.2. The van der Waals surface area contributed by atoms with Crippen LogP contribution in [0.15, 0.2) is 94.2 Å². The monoisotopic (exact) mass is 472 g/mol. The summed E-state index contributed by atoms with van der Waals surface area (Å²) in [5.41, 5.74) is 3.34. The number of benzene rings is 3. The maximum absolute atomic E-state index is 13.4. The lowest BCUT2D eigenvalue weighted by molar-refractivity contribution is 0.415. The lowest BCUT2D eigenvalue weighted by Crippen LogP contribution is -2.36. The van der Waals surface area contributed by atoms with E-state index in [2.05, 4.69) is 27.6 Å². The third kappa shape index (κ3) is 4.47. The van der Waals surface area contributed by atoms with Crippen LogP contribution in [0.25, 0.3) is 23.9 Å². The van der Waals surface area contributed by atoms with Gasteiger partial charge in [0.05, 0.1) is 23.4 Å². The Morgan fingerprint density at radius 1 is 1.00 bits per heavy atom. The SMILES string of the molecule is C=c1[nH]n(-c2ccccc2)c(=O)/c1=C(/C=C/c1ccc(OC)cc1)c1ccc(Br)cc1. The molecule has 1 N–H and O–H groups in total. The number of H-pyrrole nitrogens is 1. The molecule has 0 saturated carbocycles. The molecule has 0 fully saturated rings. The van der Waals surface area contributed by atoms with E-state index in [1.54, 1.807) is 7.11 Å². The Hall–Kier alpha value is -3.57. The second-order valence-electron chi connectivity index (χ2n) is 6.97. The van der Waals surface area contributed by atoms with Crippen molar-refractivity contribution < 1.29 is 4.74 Å². The first-order chi connectivity index (χ1) is 15.1. The number of nitrogens with zero attached hydrogens (tertiary/aromatic N) is 1. The van der Waals surface area contributed by atoms with Crippen LogP contribution in [0.2, 0.25) is 0 Å². The van der Waals surface area contributed by atoms with Crippen LogP contribution < -0.4 is 20.9 Å². The van der Waals surface area contributed by atoms with Crippen LogP contribution in [-0.2, 0) is 0 Å². The van der Waals surface area contributed by atoms with Crippen LogP contribution in [0.4, 0.5) is 0 Å². The standard InChI is InChI=1S/C26H21BrN2O2/c1-18-25(26(30)29(28-18)22-6-4-3-5-7-22)24(20-11-13-21(27)14-12-20)17-10-19-8-15-23(31-2)16-9-19/h3-17,28H,1H2,2H3/b17-10+,25-24-. The Balaban J connectivity index is 1.92. The molecule has 0 bridgehead atoms. The van der Waals surface area contributed by atoms with E-state index in [0.29, 0.717) is 10.6 Å². The molecule has 154 valence electrons. The van der Waals surface area contributed by atoms with E-state index in [1.165, 1.54) is 4.68 Å². The Bertz CT molecular complexity index is 1380. The number of aromatic nitrogens is 2. The number of nitrogens with one attached hydrogen (secondary N) is 1. The van der Waals surface area contributed by atoms with Gasteiger partial charge in [-0.2, -0.15) is 0 Å². The molecule has 0 atom stereocenters. The van der Waals surface area contributed by atoms with Crippen LogP contribution in [0.3, 0.4) is 0 Å². The zero-order valence-corrected chi connectivity index (χ0v) is 18.6. The molecule has 4 nitrogen and oxygen atoms in total. The number of rotatable bonds is 5. The maximum atomic E-state index is 13.4. The number of para-hydroxylation sites is 1. The van der Waals surface area contributed by atoms with Crippen molar-refractivity contribution in [2.24, 2.45) is 0 Å². The van der Waals surface area contributed by atoms with Gasteiger partial charge in [0.25, 0.3) is 5.56 Å². The highest BCUT2D eigenvalue weighted by Gasteiger charge is 2.10. The fourth-order valence-corrected chi connectivity index (χ4v) is 3.63. The highest BCUT2D eigenvalue weighted by atomic mass is 79.9. The highest BCUT2D eigenvalue weighted by Crippen LogP contribution is 2.19. The van der Waals surface area contributed by atoms with Gasteiger partial charge in [-0.25, -0.2) is 4.68 Å². The van der Waals surface area contributed by atoms with E-state index in [1.807, 2.05) is 91.0 Å². The molecule has 4 aromatic rings. The molecule has 5 heteroatoms. The zero-order valence-electron chi connectivity index (χ0n) is 17.0. The van der Waals surface area contributed by atoms with E-state index in [9.17, 15) is 4.79 Å². The van der Waals surface area contributed by atoms with Crippen molar-refractivity contribution in [2.45, 2.75) is 0 Å². The molecule has 4 rings (SSSR count). The van der Waals surface area contributed by atoms with Gasteiger partial charge in [0.15, 0.2) is 0 Å². The fourth-order valence-electron chi connectivity index (χ4n) is 3.37. The molecule has 0 aliphatic heterocycles. The smallest absolute Gasteiger partial charge is 0.279 e. The van der Waals surface area contributed by atoms with Crippen molar-refractivity contribution >= 4 is 34.2 Å². The largest absolute Gasteiger partial charge is 0.497 e. The van der Waals surface area contributed by atoms with Crippen molar-refractivity contribution in [3.63, 3.8) is 0 Å².